The van der Waals surface area contributed by atoms with Crippen LogP contribution in [-0.2, 0) is 4.74 Å². The van der Waals surface area contributed by atoms with Gasteiger partial charge in [0.1, 0.15) is 0 Å². The minimum absolute atomic E-state index is 0.347. The second-order valence-corrected chi connectivity index (χ2v) is 3.66. The van der Waals surface area contributed by atoms with Gasteiger partial charge in [-0.2, -0.15) is 0 Å². The van der Waals surface area contributed by atoms with Gasteiger partial charge in [-0.05, 0) is 19.4 Å². The Balaban J connectivity index is 1.84. The topological polar surface area (TPSA) is 44.8 Å². The Morgan fingerprint density at radius 3 is 3.00 bits per heavy atom. The lowest BCUT2D eigenvalue weighted by molar-refractivity contribution is 0.00247. The Morgan fingerprint density at radius 1 is 1.64 bits per heavy atom. The van der Waals surface area contributed by atoms with Gasteiger partial charge in [0.2, 0.25) is 0 Å². The first-order chi connectivity index (χ1) is 5.29. The number of rotatable bonds is 2. The summed E-state index contributed by atoms with van der Waals surface area (Å²) in [5.74, 6) is 0. The molecule has 0 saturated carbocycles. The lowest BCUT2D eigenvalue weighted by Gasteiger charge is -2.32. The van der Waals surface area contributed by atoms with Crippen molar-refractivity contribution in [1.82, 2.24) is 5.32 Å². The molecular weight excluding hydrogens is 142 g/mol. The molecule has 0 aromatic rings. The Hall–Kier alpha value is -0.120. The molecule has 2 N–H and O–H groups in total. The zero-order valence-corrected chi connectivity index (χ0v) is 6.68. The molecule has 64 valence electrons. The number of hydrogen-bond donors (Lipinski definition) is 2. The quantitative estimate of drug-likeness (QED) is 0.550. The van der Waals surface area contributed by atoms with Crippen molar-refractivity contribution in [3.8, 4) is 0 Å². The monoisotopic (exact) mass is 157 g/mol. The van der Waals surface area contributed by atoms with Crippen molar-refractivity contribution in [1.29, 1.82) is 0 Å². The van der Waals surface area contributed by atoms with Crippen LogP contribution in [0.15, 0.2) is 0 Å². The Morgan fingerprint density at radius 2 is 2.45 bits per heavy atom. The van der Waals surface area contributed by atoms with Crippen molar-refractivity contribution < 1.29 is 9.84 Å². The largest absolute Gasteiger partial charge is 0.388 e. The Bertz CT molecular complexity index is 139. The van der Waals surface area contributed by atoms with Gasteiger partial charge in [0.05, 0.1) is 18.3 Å². The molecule has 3 heteroatoms. The van der Waals surface area contributed by atoms with Gasteiger partial charge in [-0.15, -0.1) is 0 Å². The van der Waals surface area contributed by atoms with Crippen LogP contribution in [0, 0.1) is 0 Å². The standard InChI is InChI=1S/C8H15NO2/c10-8(4-7-5-11-7)2-1-3-9-6-8/h7,9-10H,1-6H2/t7-,8+/m1/s1. The minimum Gasteiger partial charge on any atom is -0.388 e. The van der Waals surface area contributed by atoms with Gasteiger partial charge in [-0.1, -0.05) is 0 Å². The smallest absolute Gasteiger partial charge is 0.0837 e. The van der Waals surface area contributed by atoms with Crippen molar-refractivity contribution >= 4 is 0 Å². The molecule has 2 heterocycles. The predicted molar refractivity (Wildman–Crippen MR) is 41.4 cm³/mol. The molecule has 2 fully saturated rings. The molecule has 2 atom stereocenters. The molecule has 0 aromatic heterocycles. The van der Waals surface area contributed by atoms with Crippen molar-refractivity contribution in [3.05, 3.63) is 0 Å². The van der Waals surface area contributed by atoms with Gasteiger partial charge in [0.25, 0.3) is 0 Å². The van der Waals surface area contributed by atoms with E-state index in [1.165, 1.54) is 0 Å². The van der Waals surface area contributed by atoms with Crippen LogP contribution in [0.5, 0.6) is 0 Å². The summed E-state index contributed by atoms with van der Waals surface area (Å²) in [5.41, 5.74) is -0.473. The zero-order valence-electron chi connectivity index (χ0n) is 6.68. The summed E-state index contributed by atoms with van der Waals surface area (Å²) >= 11 is 0. The number of nitrogens with one attached hydrogen (secondary N) is 1. The van der Waals surface area contributed by atoms with Crippen LogP contribution in [0.3, 0.4) is 0 Å². The highest BCUT2D eigenvalue weighted by atomic mass is 16.6. The van der Waals surface area contributed by atoms with Crippen LogP contribution in [0.1, 0.15) is 19.3 Å². The zero-order chi connectivity index (χ0) is 7.73. The Kier molecular flexibility index (Phi) is 1.87. The SMILES string of the molecule is O[C@]1(C[C@@H]2CO2)CCCNC1. The summed E-state index contributed by atoms with van der Waals surface area (Å²) in [6.07, 6.45) is 3.18. The maximum Gasteiger partial charge on any atom is 0.0837 e. The van der Waals surface area contributed by atoms with E-state index in [0.29, 0.717) is 6.10 Å². The maximum atomic E-state index is 9.94. The van der Waals surface area contributed by atoms with Crippen LogP contribution in [0.4, 0.5) is 0 Å². The van der Waals surface area contributed by atoms with Gasteiger partial charge in [-0.3, -0.25) is 0 Å². The molecule has 2 aliphatic rings. The highest BCUT2D eigenvalue weighted by Gasteiger charge is 2.36. The minimum atomic E-state index is -0.473. The van der Waals surface area contributed by atoms with Crippen LogP contribution in [0.25, 0.3) is 0 Å². The van der Waals surface area contributed by atoms with Crippen LogP contribution in [0.2, 0.25) is 0 Å². The molecule has 0 aliphatic carbocycles. The van der Waals surface area contributed by atoms with E-state index in [2.05, 4.69) is 5.32 Å². The van der Waals surface area contributed by atoms with Gasteiger partial charge >= 0.3 is 0 Å². The van der Waals surface area contributed by atoms with E-state index in [-0.39, 0.29) is 0 Å². The highest BCUT2D eigenvalue weighted by Crippen LogP contribution is 2.27. The lowest BCUT2D eigenvalue weighted by Crippen LogP contribution is -2.46. The van der Waals surface area contributed by atoms with E-state index in [1.807, 2.05) is 0 Å². The van der Waals surface area contributed by atoms with Gasteiger partial charge < -0.3 is 15.2 Å². The number of aliphatic hydroxyl groups is 1. The summed E-state index contributed by atoms with van der Waals surface area (Å²) < 4.78 is 5.09. The second kappa shape index (κ2) is 2.73. The summed E-state index contributed by atoms with van der Waals surface area (Å²) in [6, 6.07) is 0. The van der Waals surface area contributed by atoms with Gasteiger partial charge in [0.15, 0.2) is 0 Å². The Labute approximate surface area is 66.7 Å². The number of piperidine rings is 1. The molecule has 0 aromatic carbocycles. The van der Waals surface area contributed by atoms with E-state index < -0.39 is 5.60 Å². The number of ether oxygens (including phenoxy) is 1. The number of epoxide rings is 1. The highest BCUT2D eigenvalue weighted by molar-refractivity contribution is 4.90. The van der Waals surface area contributed by atoms with Crippen LogP contribution in [-0.4, -0.2) is 36.5 Å². The first-order valence-electron chi connectivity index (χ1n) is 4.33. The van der Waals surface area contributed by atoms with E-state index >= 15 is 0 Å². The molecular formula is C8H15NO2. The second-order valence-electron chi connectivity index (χ2n) is 3.66. The third-order valence-electron chi connectivity index (χ3n) is 2.46. The summed E-state index contributed by atoms with van der Waals surface area (Å²) in [4.78, 5) is 0. The first kappa shape index (κ1) is 7.53. The maximum absolute atomic E-state index is 9.94. The molecule has 0 spiro atoms. The fourth-order valence-electron chi connectivity index (χ4n) is 1.74. The molecule has 2 saturated heterocycles. The fourth-order valence-corrected chi connectivity index (χ4v) is 1.74. The molecule has 3 nitrogen and oxygen atoms in total. The average molecular weight is 157 g/mol. The van der Waals surface area contributed by atoms with Crippen molar-refractivity contribution in [3.63, 3.8) is 0 Å². The van der Waals surface area contributed by atoms with Crippen LogP contribution < -0.4 is 5.32 Å². The average Bonchev–Trinajstić information content (AvgIpc) is 2.72. The molecule has 0 amide bonds. The molecule has 2 aliphatic heterocycles. The van der Waals surface area contributed by atoms with Crippen LogP contribution >= 0.6 is 0 Å². The lowest BCUT2D eigenvalue weighted by atomic mass is 9.90. The molecule has 0 radical (unpaired) electrons. The third kappa shape index (κ3) is 1.92. The van der Waals surface area contributed by atoms with Crippen molar-refractivity contribution in [2.45, 2.75) is 31.0 Å². The number of β-amino-alcohol motifs (C(OH)–C–C–N with tert-alkyl or cyclic N) is 1. The molecule has 2 rings (SSSR count). The van der Waals surface area contributed by atoms with E-state index in [1.54, 1.807) is 0 Å². The van der Waals surface area contributed by atoms with Gasteiger partial charge in [0, 0.05) is 13.0 Å². The van der Waals surface area contributed by atoms with Crippen molar-refractivity contribution in [2.24, 2.45) is 0 Å². The summed E-state index contributed by atoms with van der Waals surface area (Å²) in [5, 5.41) is 13.1. The molecule has 0 unspecified atom stereocenters. The van der Waals surface area contributed by atoms with E-state index in [0.717, 1.165) is 39.0 Å². The molecule has 11 heavy (non-hydrogen) atoms. The first-order valence-corrected chi connectivity index (χ1v) is 4.33. The third-order valence-corrected chi connectivity index (χ3v) is 2.46. The fraction of sp³-hybridized carbons (Fsp3) is 1.00. The van der Waals surface area contributed by atoms with Gasteiger partial charge in [-0.25, -0.2) is 0 Å². The summed E-state index contributed by atoms with van der Waals surface area (Å²) in [6.45, 7) is 2.64. The normalized spacial score (nSPS) is 43.9. The summed E-state index contributed by atoms with van der Waals surface area (Å²) in [7, 11) is 0. The number of hydrogen-bond acceptors (Lipinski definition) is 3. The molecule has 0 bridgehead atoms. The van der Waals surface area contributed by atoms with Crippen molar-refractivity contribution in [2.75, 3.05) is 19.7 Å². The predicted octanol–water partition coefficient (Wildman–Crippen LogP) is -0.110. The van der Waals surface area contributed by atoms with E-state index in [9.17, 15) is 5.11 Å². The van der Waals surface area contributed by atoms with E-state index in [4.69, 9.17) is 4.74 Å².